The van der Waals surface area contributed by atoms with Crippen LogP contribution in [-0.2, 0) is 4.79 Å². The van der Waals surface area contributed by atoms with Gasteiger partial charge in [-0.2, -0.15) is 0 Å². The van der Waals surface area contributed by atoms with Crippen LogP contribution in [0, 0.1) is 5.92 Å². The molecule has 0 saturated carbocycles. The molecule has 1 aliphatic rings. The zero-order chi connectivity index (χ0) is 18.2. The Morgan fingerprint density at radius 2 is 1.81 bits per heavy atom. The Morgan fingerprint density at radius 3 is 2.54 bits per heavy atom. The summed E-state index contributed by atoms with van der Waals surface area (Å²) in [6, 6.07) is 17.9. The standard InChI is InChI=1S/C22H26N2O2/c1-26-21-12-6-5-11-20(21)23-22(25)19-13-16-24(17-14-19)15-7-10-18-8-3-2-4-9-18/h2-12,19H,13-17H2,1H3,(H,23,25)/b10-7+. The largest absolute Gasteiger partial charge is 0.495 e. The van der Waals surface area contributed by atoms with Gasteiger partial charge in [0.15, 0.2) is 0 Å². The first-order valence-corrected chi connectivity index (χ1v) is 9.14. The number of rotatable bonds is 6. The molecular weight excluding hydrogens is 324 g/mol. The third-order valence-electron chi connectivity index (χ3n) is 4.80. The van der Waals surface area contributed by atoms with Crippen LogP contribution in [0.5, 0.6) is 5.75 Å². The lowest BCUT2D eigenvalue weighted by Gasteiger charge is -2.30. The topological polar surface area (TPSA) is 41.6 Å². The highest BCUT2D eigenvalue weighted by molar-refractivity contribution is 5.94. The fourth-order valence-corrected chi connectivity index (χ4v) is 3.26. The van der Waals surface area contributed by atoms with E-state index < -0.39 is 0 Å². The molecule has 0 aromatic heterocycles. The van der Waals surface area contributed by atoms with Crippen molar-refractivity contribution in [3.63, 3.8) is 0 Å². The number of ether oxygens (including phenoxy) is 1. The summed E-state index contributed by atoms with van der Waals surface area (Å²) in [6.07, 6.45) is 6.13. The predicted molar refractivity (Wildman–Crippen MR) is 106 cm³/mol. The molecule has 3 rings (SSSR count). The molecule has 1 heterocycles. The predicted octanol–water partition coefficient (Wildman–Crippen LogP) is 4.06. The van der Waals surface area contributed by atoms with Crippen LogP contribution in [0.1, 0.15) is 18.4 Å². The first kappa shape index (κ1) is 18.2. The Bertz CT molecular complexity index is 735. The van der Waals surface area contributed by atoms with Gasteiger partial charge in [0.25, 0.3) is 0 Å². The van der Waals surface area contributed by atoms with E-state index in [2.05, 4.69) is 34.5 Å². The molecule has 1 saturated heterocycles. The summed E-state index contributed by atoms with van der Waals surface area (Å²) >= 11 is 0. The highest BCUT2D eigenvalue weighted by Crippen LogP contribution is 2.25. The summed E-state index contributed by atoms with van der Waals surface area (Å²) in [6.45, 7) is 2.82. The first-order chi connectivity index (χ1) is 12.8. The zero-order valence-electron chi connectivity index (χ0n) is 15.2. The Balaban J connectivity index is 1.46. The lowest BCUT2D eigenvalue weighted by molar-refractivity contribution is -0.121. The van der Waals surface area contributed by atoms with Crippen molar-refractivity contribution in [2.45, 2.75) is 12.8 Å². The quantitative estimate of drug-likeness (QED) is 0.854. The van der Waals surface area contributed by atoms with E-state index in [0.29, 0.717) is 5.75 Å². The number of benzene rings is 2. The van der Waals surface area contributed by atoms with Gasteiger partial charge in [0.05, 0.1) is 12.8 Å². The number of amides is 1. The van der Waals surface area contributed by atoms with Crippen molar-refractivity contribution in [1.29, 1.82) is 0 Å². The smallest absolute Gasteiger partial charge is 0.227 e. The van der Waals surface area contributed by atoms with Gasteiger partial charge in [0, 0.05) is 12.5 Å². The molecule has 0 atom stereocenters. The van der Waals surface area contributed by atoms with Crippen molar-refractivity contribution in [2.75, 3.05) is 32.1 Å². The van der Waals surface area contributed by atoms with E-state index in [0.717, 1.165) is 38.2 Å². The minimum absolute atomic E-state index is 0.0641. The fourth-order valence-electron chi connectivity index (χ4n) is 3.26. The number of carbonyl (C=O) groups is 1. The number of carbonyl (C=O) groups excluding carboxylic acids is 1. The second kappa shape index (κ2) is 9.20. The van der Waals surface area contributed by atoms with Crippen LogP contribution < -0.4 is 10.1 Å². The van der Waals surface area contributed by atoms with E-state index in [1.807, 2.05) is 42.5 Å². The second-order valence-corrected chi connectivity index (χ2v) is 6.58. The molecule has 0 radical (unpaired) electrons. The Hall–Kier alpha value is -2.59. The van der Waals surface area contributed by atoms with Crippen molar-refractivity contribution < 1.29 is 9.53 Å². The van der Waals surface area contributed by atoms with Crippen LogP contribution in [0.3, 0.4) is 0 Å². The Morgan fingerprint density at radius 1 is 1.12 bits per heavy atom. The van der Waals surface area contributed by atoms with E-state index in [1.54, 1.807) is 7.11 Å². The molecule has 4 nitrogen and oxygen atoms in total. The molecule has 26 heavy (non-hydrogen) atoms. The third kappa shape index (κ3) is 4.96. The van der Waals surface area contributed by atoms with E-state index in [1.165, 1.54) is 5.56 Å². The first-order valence-electron chi connectivity index (χ1n) is 9.14. The van der Waals surface area contributed by atoms with Crippen molar-refractivity contribution in [3.05, 3.63) is 66.2 Å². The van der Waals surface area contributed by atoms with Gasteiger partial charge < -0.3 is 10.1 Å². The maximum absolute atomic E-state index is 12.5. The molecule has 0 bridgehead atoms. The van der Waals surface area contributed by atoms with E-state index in [4.69, 9.17) is 4.74 Å². The molecule has 1 aliphatic heterocycles. The van der Waals surface area contributed by atoms with Crippen molar-refractivity contribution in [2.24, 2.45) is 5.92 Å². The molecule has 2 aromatic rings. The van der Waals surface area contributed by atoms with Crippen LogP contribution in [-0.4, -0.2) is 37.6 Å². The van der Waals surface area contributed by atoms with Crippen LogP contribution in [0.25, 0.3) is 6.08 Å². The van der Waals surface area contributed by atoms with Gasteiger partial charge in [0.1, 0.15) is 5.75 Å². The highest BCUT2D eigenvalue weighted by Gasteiger charge is 2.25. The normalized spacial score (nSPS) is 15.9. The third-order valence-corrected chi connectivity index (χ3v) is 4.80. The molecule has 1 fully saturated rings. The molecule has 1 N–H and O–H groups in total. The molecule has 0 spiro atoms. The zero-order valence-corrected chi connectivity index (χ0v) is 15.2. The number of nitrogens with zero attached hydrogens (tertiary/aromatic N) is 1. The van der Waals surface area contributed by atoms with E-state index in [-0.39, 0.29) is 11.8 Å². The number of hydrogen-bond acceptors (Lipinski definition) is 3. The number of para-hydroxylation sites is 2. The van der Waals surface area contributed by atoms with Crippen LogP contribution in [0.4, 0.5) is 5.69 Å². The van der Waals surface area contributed by atoms with Crippen LogP contribution >= 0.6 is 0 Å². The lowest BCUT2D eigenvalue weighted by atomic mass is 9.95. The lowest BCUT2D eigenvalue weighted by Crippen LogP contribution is -2.38. The van der Waals surface area contributed by atoms with Gasteiger partial charge in [-0.05, 0) is 43.6 Å². The molecule has 0 unspecified atom stereocenters. The van der Waals surface area contributed by atoms with Crippen molar-refractivity contribution in [1.82, 2.24) is 4.90 Å². The SMILES string of the molecule is COc1ccccc1NC(=O)C1CCN(C/C=C/c2ccccc2)CC1. The summed E-state index contributed by atoms with van der Waals surface area (Å²) in [5.74, 6) is 0.854. The second-order valence-electron chi connectivity index (χ2n) is 6.58. The Kier molecular flexibility index (Phi) is 6.45. The van der Waals surface area contributed by atoms with Gasteiger partial charge in [-0.25, -0.2) is 0 Å². The minimum atomic E-state index is 0.0641. The number of hydrogen-bond donors (Lipinski definition) is 1. The summed E-state index contributed by atoms with van der Waals surface area (Å²) in [7, 11) is 1.62. The fraction of sp³-hybridized carbons (Fsp3) is 0.318. The average Bonchev–Trinajstić information content (AvgIpc) is 2.70. The van der Waals surface area contributed by atoms with Gasteiger partial charge in [-0.15, -0.1) is 0 Å². The molecule has 136 valence electrons. The summed E-state index contributed by atoms with van der Waals surface area (Å²) in [5.41, 5.74) is 1.96. The Labute approximate surface area is 155 Å². The molecule has 4 heteroatoms. The van der Waals surface area contributed by atoms with Crippen LogP contribution in [0.2, 0.25) is 0 Å². The summed E-state index contributed by atoms with van der Waals surface area (Å²) in [4.78, 5) is 14.9. The maximum Gasteiger partial charge on any atom is 0.227 e. The maximum atomic E-state index is 12.5. The van der Waals surface area contributed by atoms with Gasteiger partial charge in [0.2, 0.25) is 5.91 Å². The summed E-state index contributed by atoms with van der Waals surface area (Å²) < 4.78 is 5.30. The highest BCUT2D eigenvalue weighted by atomic mass is 16.5. The molecule has 2 aromatic carbocycles. The number of methoxy groups -OCH3 is 1. The number of piperidine rings is 1. The number of anilines is 1. The van der Waals surface area contributed by atoms with Crippen molar-refractivity contribution >= 4 is 17.7 Å². The molecule has 0 aliphatic carbocycles. The average molecular weight is 350 g/mol. The minimum Gasteiger partial charge on any atom is -0.495 e. The van der Waals surface area contributed by atoms with E-state index in [9.17, 15) is 4.79 Å². The number of nitrogens with one attached hydrogen (secondary N) is 1. The molecule has 1 amide bonds. The van der Waals surface area contributed by atoms with Crippen molar-refractivity contribution in [3.8, 4) is 5.75 Å². The number of likely N-dealkylation sites (tertiary alicyclic amines) is 1. The van der Waals surface area contributed by atoms with Gasteiger partial charge in [-0.3, -0.25) is 9.69 Å². The monoisotopic (exact) mass is 350 g/mol. The molecular formula is C22H26N2O2. The van der Waals surface area contributed by atoms with E-state index >= 15 is 0 Å². The van der Waals surface area contributed by atoms with Crippen LogP contribution in [0.15, 0.2) is 60.7 Å². The van der Waals surface area contributed by atoms with Gasteiger partial charge in [-0.1, -0.05) is 54.6 Å². The van der Waals surface area contributed by atoms with Gasteiger partial charge >= 0.3 is 0 Å². The summed E-state index contributed by atoms with van der Waals surface area (Å²) in [5, 5.41) is 3.01.